The maximum atomic E-state index is 10.3. The molecule has 0 bridgehead atoms. The van der Waals surface area contributed by atoms with Gasteiger partial charge in [0.2, 0.25) is 0 Å². The Hall–Kier alpha value is -0.0000000000000000763. The zero-order chi connectivity index (χ0) is 11.4. The van der Waals surface area contributed by atoms with Gasteiger partial charge in [0, 0.05) is 11.0 Å². The average Bonchev–Trinajstić information content (AvgIpc) is 1.77. The summed E-state index contributed by atoms with van der Waals surface area (Å²) in [6.07, 6.45) is -0.723. The Bertz CT molecular complexity index is 232. The maximum absolute atomic E-state index is 10.3. The van der Waals surface area contributed by atoms with Crippen LogP contribution in [0.1, 0.15) is 20.3 Å². The normalized spacial score (nSPS) is 19.8. The van der Waals surface area contributed by atoms with Crippen LogP contribution in [-0.4, -0.2) is 16.7 Å². The molecule has 9 heteroatoms. The van der Waals surface area contributed by atoms with Gasteiger partial charge >= 0.3 is 16.5 Å². The van der Waals surface area contributed by atoms with Gasteiger partial charge in [-0.3, -0.25) is 5.73 Å². The Kier molecular flexibility index (Phi) is 5.78. The minimum atomic E-state index is -2.96. The highest BCUT2D eigenvalue weighted by Gasteiger charge is 2.34. The molecule has 4 atom stereocenters. The molecule has 3 N–H and O–H groups in total. The second-order valence-corrected chi connectivity index (χ2v) is 4.30. The van der Waals surface area contributed by atoms with Crippen molar-refractivity contribution >= 4 is 16.5 Å². The monoisotopic (exact) mass is 244 g/mol. The highest BCUT2D eigenvalue weighted by molar-refractivity contribution is 7.32. The number of hydrogen-bond donors (Lipinski definition) is 2. The van der Waals surface area contributed by atoms with Crippen LogP contribution in [0.2, 0.25) is 0 Å². The van der Waals surface area contributed by atoms with E-state index in [2.05, 4.69) is 9.05 Å². The average molecular weight is 244 g/mol. The zero-order valence-electron chi connectivity index (χ0n) is 7.74. The van der Waals surface area contributed by atoms with Crippen molar-refractivity contribution in [2.24, 2.45) is 5.73 Å². The first-order valence-corrected chi connectivity index (χ1v) is 5.91. The minimum absolute atomic E-state index is 0.0159. The van der Waals surface area contributed by atoms with Crippen LogP contribution in [0.5, 0.6) is 0 Å². The van der Waals surface area contributed by atoms with Crippen molar-refractivity contribution in [3.05, 3.63) is 0 Å². The van der Waals surface area contributed by atoms with Crippen LogP contribution in [0.3, 0.4) is 0 Å². The van der Waals surface area contributed by atoms with Gasteiger partial charge in [0.25, 0.3) is 0 Å². The van der Waals surface area contributed by atoms with Crippen LogP contribution in [0.15, 0.2) is 0 Å². The summed E-state index contributed by atoms with van der Waals surface area (Å²) in [6.45, 7) is 2.82. The molecule has 0 aliphatic carbocycles. The predicted molar refractivity (Wildman–Crippen MR) is 46.3 cm³/mol. The van der Waals surface area contributed by atoms with Gasteiger partial charge in [-0.2, -0.15) is 0 Å². The van der Waals surface area contributed by atoms with Crippen molar-refractivity contribution < 1.29 is 28.0 Å². The molecule has 14 heavy (non-hydrogen) atoms. The van der Waals surface area contributed by atoms with E-state index in [0.29, 0.717) is 0 Å². The van der Waals surface area contributed by atoms with Gasteiger partial charge in [-0.1, -0.05) is 4.52 Å². The molecule has 0 aromatic rings. The fourth-order valence-corrected chi connectivity index (χ4v) is 1.77. The van der Waals surface area contributed by atoms with Crippen LogP contribution in [0.25, 0.3) is 0 Å². The Labute approximate surface area is 83.1 Å². The van der Waals surface area contributed by atoms with E-state index >= 15 is 0 Å². The number of rotatable bonds is 6. The molecule has 7 nitrogen and oxygen atoms in total. The zero-order valence-corrected chi connectivity index (χ0v) is 9.53. The Morgan fingerprint density at radius 2 is 2.14 bits per heavy atom. The van der Waals surface area contributed by atoms with E-state index in [4.69, 9.17) is 10.6 Å². The molecule has 82 valence electrons. The minimum Gasteiger partial charge on any atom is -0.566 e. The van der Waals surface area contributed by atoms with Crippen molar-refractivity contribution in [2.75, 3.05) is 0 Å². The van der Waals surface area contributed by atoms with Crippen molar-refractivity contribution in [1.29, 1.82) is 0 Å². The molecule has 0 aliphatic rings. The number of hydrogen-bond acceptors (Lipinski definition) is 6. The van der Waals surface area contributed by atoms with E-state index in [-0.39, 0.29) is 6.42 Å². The first-order chi connectivity index (χ1) is 6.23. The first-order valence-electron chi connectivity index (χ1n) is 3.68. The Morgan fingerprint density at radius 3 is 2.50 bits per heavy atom. The third-order valence-electron chi connectivity index (χ3n) is 1.25. The van der Waals surface area contributed by atoms with E-state index in [0.717, 1.165) is 0 Å². The summed E-state index contributed by atoms with van der Waals surface area (Å²) >= 11 is 0. The van der Waals surface area contributed by atoms with Crippen LogP contribution < -0.4 is 10.6 Å². The fourth-order valence-electron chi connectivity index (χ4n) is 0.971. The summed E-state index contributed by atoms with van der Waals surface area (Å²) in [4.78, 5) is 18.6. The molecule has 0 radical (unpaired) electrons. The molecule has 0 fully saturated rings. The van der Waals surface area contributed by atoms with Gasteiger partial charge in [0.15, 0.2) is 5.72 Å². The molecule has 0 spiro atoms. The summed E-state index contributed by atoms with van der Waals surface area (Å²) in [7, 11) is -5.78. The lowest BCUT2D eigenvalue weighted by atomic mass is 10.1. The highest BCUT2D eigenvalue weighted by atomic mass is 31.1. The van der Waals surface area contributed by atoms with E-state index in [9.17, 15) is 14.0 Å². The lowest BCUT2D eigenvalue weighted by molar-refractivity contribution is -0.189. The van der Waals surface area contributed by atoms with Crippen LogP contribution in [0, 0.1) is 0 Å². The molecular weight excluding hydrogens is 232 g/mol. The van der Waals surface area contributed by atoms with Crippen molar-refractivity contribution in [3.8, 4) is 0 Å². The Balaban J connectivity index is 4.07. The molecular formula is C5H12NO6P2+. The first kappa shape index (κ1) is 14.0. The van der Waals surface area contributed by atoms with Gasteiger partial charge in [-0.05, 0) is 18.4 Å². The predicted octanol–water partition coefficient (Wildman–Crippen LogP) is 0.141. The lowest BCUT2D eigenvalue weighted by Gasteiger charge is -2.18. The summed E-state index contributed by atoms with van der Waals surface area (Å²) in [5.74, 6) is 0. The van der Waals surface area contributed by atoms with E-state index in [1.807, 2.05) is 0 Å². The second kappa shape index (κ2) is 5.78. The van der Waals surface area contributed by atoms with E-state index < -0.39 is 28.3 Å². The molecule has 0 aromatic heterocycles. The summed E-state index contributed by atoms with van der Waals surface area (Å²) in [5.41, 5.74) is 4.06. The van der Waals surface area contributed by atoms with Gasteiger partial charge in [0.1, 0.15) is 6.10 Å². The van der Waals surface area contributed by atoms with Gasteiger partial charge in [-0.25, -0.2) is 0 Å². The second-order valence-electron chi connectivity index (χ2n) is 2.99. The molecule has 0 saturated heterocycles. The van der Waals surface area contributed by atoms with Gasteiger partial charge in [-0.15, -0.1) is 9.42 Å². The van der Waals surface area contributed by atoms with Gasteiger partial charge in [0.05, 0.1) is 0 Å². The molecule has 0 saturated carbocycles. The smallest absolute Gasteiger partial charge is 0.566 e. The van der Waals surface area contributed by atoms with Crippen LogP contribution in [0.4, 0.5) is 0 Å². The third kappa shape index (κ3) is 7.41. The molecule has 0 rings (SSSR count). The largest absolute Gasteiger partial charge is 0.696 e. The van der Waals surface area contributed by atoms with Crippen molar-refractivity contribution in [1.82, 2.24) is 0 Å². The number of nitrogens with two attached hydrogens (primary N) is 1. The molecule has 0 aromatic carbocycles. The third-order valence-corrected chi connectivity index (χ3v) is 2.35. The SMILES string of the molecule is CC(CC(C)(N)O[P+](=O)O)O[P+](=O)[O-]. The van der Waals surface area contributed by atoms with Crippen molar-refractivity contribution in [2.45, 2.75) is 32.1 Å². The lowest BCUT2D eigenvalue weighted by Crippen LogP contribution is -2.40. The summed E-state index contributed by atoms with van der Waals surface area (Å²) in [6, 6.07) is 0. The van der Waals surface area contributed by atoms with E-state index in [1.165, 1.54) is 13.8 Å². The van der Waals surface area contributed by atoms with E-state index in [1.54, 1.807) is 0 Å². The highest BCUT2D eigenvalue weighted by Crippen LogP contribution is 2.27. The summed E-state index contributed by atoms with van der Waals surface area (Å²) in [5, 5.41) is 0. The molecule has 0 amide bonds. The topological polar surface area (TPSA) is 122 Å². The maximum Gasteiger partial charge on any atom is 0.696 e. The Morgan fingerprint density at radius 1 is 1.64 bits per heavy atom. The van der Waals surface area contributed by atoms with Gasteiger partial charge < -0.3 is 4.89 Å². The van der Waals surface area contributed by atoms with Crippen LogP contribution in [-0.2, 0) is 18.2 Å². The molecule has 0 heterocycles. The fraction of sp³-hybridized carbons (Fsp3) is 1.00. The molecule has 4 unspecified atom stereocenters. The van der Waals surface area contributed by atoms with Crippen molar-refractivity contribution in [3.63, 3.8) is 0 Å². The van der Waals surface area contributed by atoms with Crippen LogP contribution >= 0.6 is 16.5 Å². The molecule has 0 aliphatic heterocycles. The quantitative estimate of drug-likeness (QED) is 0.503. The standard InChI is InChI=1S/C5H11NO6P2/c1-4(11-13(7)8)3-5(2,6)12-14(9)10/h4H,3,6H2,1-2H3/p+1. The summed E-state index contributed by atoms with van der Waals surface area (Å²) < 4.78 is 29.3.